The van der Waals surface area contributed by atoms with Gasteiger partial charge in [0.1, 0.15) is 6.61 Å². The summed E-state index contributed by atoms with van der Waals surface area (Å²) in [4.78, 5) is 64.2. The van der Waals surface area contributed by atoms with Gasteiger partial charge in [0.05, 0.1) is 30.0 Å². The van der Waals surface area contributed by atoms with Crippen molar-refractivity contribution in [2.45, 2.75) is 26.7 Å². The highest BCUT2D eigenvalue weighted by Gasteiger charge is 2.27. The van der Waals surface area contributed by atoms with E-state index >= 15 is 0 Å². The van der Waals surface area contributed by atoms with Crippen molar-refractivity contribution in [1.82, 2.24) is 14.9 Å². The van der Waals surface area contributed by atoms with Gasteiger partial charge in [-0.3, -0.25) is 19.4 Å². The van der Waals surface area contributed by atoms with E-state index in [1.165, 1.54) is 22.7 Å². The number of hydrogen-bond donors (Lipinski definition) is 2. The molecule has 1 aliphatic heterocycles. The monoisotopic (exact) mass is 411 g/mol. The van der Waals surface area contributed by atoms with Crippen molar-refractivity contribution in [1.29, 1.82) is 0 Å². The maximum atomic E-state index is 11.9. The molecule has 0 aromatic carbocycles. The molecule has 1 aromatic rings. The lowest BCUT2D eigenvalue weighted by Crippen LogP contribution is -2.30. The summed E-state index contributed by atoms with van der Waals surface area (Å²) >= 11 is 1.21. The summed E-state index contributed by atoms with van der Waals surface area (Å²) in [7, 11) is 0. The summed E-state index contributed by atoms with van der Waals surface area (Å²) in [5.74, 6) is -1.07. The molecule has 152 valence electrons. The number of thioether (sulfide) groups is 1. The van der Waals surface area contributed by atoms with Gasteiger partial charge in [-0.15, -0.1) is 0 Å². The Balaban J connectivity index is 1.84. The van der Waals surface area contributed by atoms with E-state index in [0.717, 1.165) is 0 Å². The van der Waals surface area contributed by atoms with Gasteiger partial charge in [-0.2, -0.15) is 0 Å². The maximum absolute atomic E-state index is 11.9. The van der Waals surface area contributed by atoms with E-state index in [1.807, 2.05) is 0 Å². The van der Waals surface area contributed by atoms with Gasteiger partial charge < -0.3 is 19.4 Å². The number of rotatable bonds is 8. The number of nitrogens with one attached hydrogen (secondary N) is 2. The highest BCUT2D eigenvalue weighted by molar-refractivity contribution is 8.04. The molecule has 0 radical (unpaired) electrons. The van der Waals surface area contributed by atoms with Crippen molar-refractivity contribution >= 4 is 29.6 Å². The van der Waals surface area contributed by atoms with Gasteiger partial charge in [0.25, 0.3) is 5.56 Å². The van der Waals surface area contributed by atoms with Crippen molar-refractivity contribution in [2.24, 2.45) is 0 Å². The minimum atomic E-state index is -0.603. The predicted octanol–water partition coefficient (Wildman–Crippen LogP) is -0.173. The first-order chi connectivity index (χ1) is 13.3. The van der Waals surface area contributed by atoms with Crippen LogP contribution in [0.15, 0.2) is 20.7 Å². The Kier molecular flexibility index (Phi) is 7.61. The Morgan fingerprint density at radius 1 is 1.21 bits per heavy atom. The zero-order chi connectivity index (χ0) is 20.7. The number of nitrogens with zero attached hydrogens (tertiary/aromatic N) is 1. The van der Waals surface area contributed by atoms with Crippen LogP contribution in [0.25, 0.3) is 0 Å². The Morgan fingerprint density at radius 2 is 1.96 bits per heavy atom. The molecule has 0 aliphatic carbocycles. The third kappa shape index (κ3) is 5.84. The fraction of sp³-hybridized carbons (Fsp3) is 0.471. The minimum Gasteiger partial charge on any atom is -0.464 e. The molecule has 0 atom stereocenters. The standard InChI is InChI=1S/C17H21N3O7S/c1-3-26-15(23)8-13-20(12(21)9-28-13)6-7-27-14(22)5-4-11-10(2)18-17(25)19-16(11)24/h8H,3-7,9H2,1-2H3,(H2,18,19,24,25)/b13-8-. The molecule has 1 fully saturated rings. The SMILES string of the molecule is CCOC(=O)/C=C1\SCC(=O)N1CCOC(=O)CCc1c(C)[nH]c(=O)[nH]c1=O. The summed E-state index contributed by atoms with van der Waals surface area (Å²) in [5, 5.41) is 0.454. The van der Waals surface area contributed by atoms with Crippen molar-refractivity contribution < 1.29 is 23.9 Å². The largest absolute Gasteiger partial charge is 0.464 e. The number of amides is 1. The molecular weight excluding hydrogens is 390 g/mol. The predicted molar refractivity (Wildman–Crippen MR) is 101 cm³/mol. The molecule has 1 aromatic heterocycles. The van der Waals surface area contributed by atoms with Crippen molar-refractivity contribution in [3.8, 4) is 0 Å². The average molecular weight is 411 g/mol. The second-order valence-electron chi connectivity index (χ2n) is 5.80. The fourth-order valence-electron chi connectivity index (χ4n) is 2.53. The first kappa shape index (κ1) is 21.5. The van der Waals surface area contributed by atoms with Crippen molar-refractivity contribution in [3.63, 3.8) is 0 Å². The van der Waals surface area contributed by atoms with Crippen LogP contribution in [-0.2, 0) is 30.3 Å². The Bertz CT molecular complexity index is 903. The van der Waals surface area contributed by atoms with Crippen LogP contribution in [0.2, 0.25) is 0 Å². The number of esters is 2. The van der Waals surface area contributed by atoms with E-state index in [-0.39, 0.29) is 44.3 Å². The van der Waals surface area contributed by atoms with Crippen molar-refractivity contribution in [2.75, 3.05) is 25.5 Å². The number of aromatic amines is 2. The quantitative estimate of drug-likeness (QED) is 0.444. The summed E-state index contributed by atoms with van der Waals surface area (Å²) < 4.78 is 9.94. The normalized spacial score (nSPS) is 15.1. The molecule has 11 heteroatoms. The second-order valence-corrected chi connectivity index (χ2v) is 6.80. The molecule has 1 saturated heterocycles. The third-order valence-electron chi connectivity index (χ3n) is 3.85. The molecule has 0 unspecified atom stereocenters. The lowest BCUT2D eigenvalue weighted by Gasteiger charge is -2.16. The topological polar surface area (TPSA) is 139 Å². The number of carbonyl (C=O) groups excluding carboxylic acids is 3. The van der Waals surface area contributed by atoms with E-state index in [0.29, 0.717) is 16.3 Å². The van der Waals surface area contributed by atoms with Crippen LogP contribution >= 0.6 is 11.8 Å². The number of hydrogen-bond acceptors (Lipinski definition) is 8. The molecule has 1 aliphatic rings. The Labute approximate surface area is 164 Å². The van der Waals surface area contributed by atoms with Crippen LogP contribution in [0.3, 0.4) is 0 Å². The number of ether oxygens (including phenoxy) is 2. The smallest absolute Gasteiger partial charge is 0.333 e. The van der Waals surface area contributed by atoms with Crippen LogP contribution in [0, 0.1) is 6.92 Å². The molecule has 0 spiro atoms. The van der Waals surface area contributed by atoms with E-state index in [1.54, 1.807) is 13.8 Å². The van der Waals surface area contributed by atoms with Gasteiger partial charge in [-0.1, -0.05) is 11.8 Å². The van der Waals surface area contributed by atoms with Gasteiger partial charge in [0.15, 0.2) is 0 Å². The number of carbonyl (C=O) groups is 3. The van der Waals surface area contributed by atoms with Crippen LogP contribution in [0.5, 0.6) is 0 Å². The molecule has 2 heterocycles. The summed E-state index contributed by atoms with van der Waals surface area (Å²) in [6.07, 6.45) is 1.31. The van der Waals surface area contributed by atoms with Crippen LogP contribution in [0.1, 0.15) is 24.6 Å². The van der Waals surface area contributed by atoms with Gasteiger partial charge >= 0.3 is 17.6 Å². The molecule has 10 nitrogen and oxygen atoms in total. The fourth-order valence-corrected chi connectivity index (χ4v) is 3.49. The van der Waals surface area contributed by atoms with Crippen LogP contribution in [-0.4, -0.2) is 58.2 Å². The first-order valence-electron chi connectivity index (χ1n) is 8.61. The van der Waals surface area contributed by atoms with Gasteiger partial charge in [0.2, 0.25) is 5.91 Å². The molecule has 0 saturated carbocycles. The maximum Gasteiger partial charge on any atom is 0.333 e. The lowest BCUT2D eigenvalue weighted by atomic mass is 10.1. The molecular formula is C17H21N3O7S. The molecule has 2 N–H and O–H groups in total. The van der Waals surface area contributed by atoms with Gasteiger partial charge in [-0.05, 0) is 20.3 Å². The van der Waals surface area contributed by atoms with E-state index < -0.39 is 23.2 Å². The summed E-state index contributed by atoms with van der Waals surface area (Å²) in [6, 6.07) is 0. The molecule has 1 amide bonds. The van der Waals surface area contributed by atoms with E-state index in [2.05, 4.69) is 9.97 Å². The Hall–Kier alpha value is -2.82. The first-order valence-corrected chi connectivity index (χ1v) is 9.59. The zero-order valence-corrected chi connectivity index (χ0v) is 16.3. The third-order valence-corrected chi connectivity index (χ3v) is 4.88. The van der Waals surface area contributed by atoms with Crippen molar-refractivity contribution in [3.05, 3.63) is 43.2 Å². The highest BCUT2D eigenvalue weighted by atomic mass is 32.2. The molecule has 28 heavy (non-hydrogen) atoms. The van der Waals surface area contributed by atoms with Crippen LogP contribution in [0.4, 0.5) is 0 Å². The average Bonchev–Trinajstić information content (AvgIpc) is 2.94. The lowest BCUT2D eigenvalue weighted by molar-refractivity contribution is -0.145. The van der Waals surface area contributed by atoms with Crippen LogP contribution < -0.4 is 11.2 Å². The zero-order valence-electron chi connectivity index (χ0n) is 15.5. The molecule has 0 bridgehead atoms. The molecule has 2 rings (SSSR count). The second kappa shape index (κ2) is 9.93. The summed E-state index contributed by atoms with van der Waals surface area (Å²) in [6.45, 7) is 3.55. The van der Waals surface area contributed by atoms with Gasteiger partial charge in [-0.25, -0.2) is 9.59 Å². The summed E-state index contributed by atoms with van der Waals surface area (Å²) in [5.41, 5.74) is -0.437. The number of aromatic nitrogens is 2. The van der Waals surface area contributed by atoms with E-state index in [9.17, 15) is 24.0 Å². The minimum absolute atomic E-state index is 0.0493. The number of H-pyrrole nitrogens is 2. The Morgan fingerprint density at radius 3 is 2.64 bits per heavy atom. The highest BCUT2D eigenvalue weighted by Crippen LogP contribution is 2.28. The number of aryl methyl sites for hydroxylation is 1. The van der Waals surface area contributed by atoms with E-state index in [4.69, 9.17) is 9.47 Å². The van der Waals surface area contributed by atoms with Gasteiger partial charge in [0, 0.05) is 17.7 Å².